The monoisotopic (exact) mass is 372 g/mol. The van der Waals surface area contributed by atoms with Gasteiger partial charge in [-0.1, -0.05) is 5.57 Å². The van der Waals surface area contributed by atoms with Crippen LogP contribution < -0.4 is 14.4 Å². The molecule has 2 aromatic carbocycles. The molecule has 2 aromatic rings. The van der Waals surface area contributed by atoms with Crippen LogP contribution in [0, 0.1) is 0 Å². The smallest absolute Gasteiger partial charge is 0.261 e. The number of anilines is 2. The van der Waals surface area contributed by atoms with E-state index < -0.39 is 10.0 Å². The van der Waals surface area contributed by atoms with Crippen molar-refractivity contribution in [3.05, 3.63) is 53.6 Å². The van der Waals surface area contributed by atoms with Crippen LogP contribution in [0.25, 0.3) is 5.57 Å². The zero-order chi connectivity index (χ0) is 19.1. The van der Waals surface area contributed by atoms with E-state index in [4.69, 9.17) is 4.74 Å². The van der Waals surface area contributed by atoms with Crippen LogP contribution in [-0.4, -0.2) is 28.5 Å². The summed E-state index contributed by atoms with van der Waals surface area (Å²) in [5.74, 6) is 0.512. The highest BCUT2D eigenvalue weighted by Gasteiger charge is 2.31. The second-order valence-corrected chi connectivity index (χ2v) is 7.93. The summed E-state index contributed by atoms with van der Waals surface area (Å²) >= 11 is 0. The van der Waals surface area contributed by atoms with E-state index in [2.05, 4.69) is 4.72 Å². The summed E-state index contributed by atoms with van der Waals surface area (Å²) in [6, 6.07) is 11.3. The fourth-order valence-corrected chi connectivity index (χ4v) is 4.01. The quantitative estimate of drug-likeness (QED) is 0.836. The third-order valence-electron chi connectivity index (χ3n) is 4.27. The normalized spacial score (nSPS) is 13.6. The van der Waals surface area contributed by atoms with Crippen LogP contribution in [0.5, 0.6) is 5.75 Å². The molecule has 0 aromatic heterocycles. The van der Waals surface area contributed by atoms with Crippen molar-refractivity contribution in [2.24, 2.45) is 0 Å². The molecule has 1 N–H and O–H groups in total. The van der Waals surface area contributed by atoms with Crippen molar-refractivity contribution in [3.63, 3.8) is 0 Å². The van der Waals surface area contributed by atoms with Gasteiger partial charge in [0.15, 0.2) is 0 Å². The number of benzene rings is 2. The summed E-state index contributed by atoms with van der Waals surface area (Å²) in [6.45, 7) is 3.68. The number of methoxy groups -OCH3 is 1. The van der Waals surface area contributed by atoms with Crippen molar-refractivity contribution >= 4 is 32.9 Å². The number of fused-ring (bicyclic) bond motifs is 1. The molecule has 26 heavy (non-hydrogen) atoms. The Balaban J connectivity index is 2.00. The first-order valence-electron chi connectivity index (χ1n) is 8.01. The molecule has 1 aliphatic heterocycles. The number of allylic oxidation sites excluding steroid dienone is 1. The molecule has 3 rings (SSSR count). The van der Waals surface area contributed by atoms with E-state index in [0.29, 0.717) is 28.3 Å². The molecule has 0 aliphatic carbocycles. The largest absolute Gasteiger partial charge is 0.497 e. The first-order valence-corrected chi connectivity index (χ1v) is 9.50. The topological polar surface area (TPSA) is 75.7 Å². The zero-order valence-electron chi connectivity index (χ0n) is 15.0. The average molecular weight is 372 g/mol. The van der Waals surface area contributed by atoms with Crippen LogP contribution in [0.3, 0.4) is 0 Å². The van der Waals surface area contributed by atoms with Crippen LogP contribution in [-0.2, 0) is 14.8 Å². The highest BCUT2D eigenvalue weighted by atomic mass is 32.2. The van der Waals surface area contributed by atoms with Crippen molar-refractivity contribution in [2.45, 2.75) is 18.7 Å². The van der Waals surface area contributed by atoms with Crippen molar-refractivity contribution in [1.82, 2.24) is 0 Å². The maximum atomic E-state index is 12.7. The third kappa shape index (κ3) is 3.06. The number of carbonyl (C=O) groups excluding carboxylic acids is 1. The standard InChI is InChI=1S/C19H20N2O4S/c1-12(2)18-16-11-15(9-10-17(16)21(3)19(18)22)26(23,24)20-13-5-7-14(25-4)8-6-13/h5-11,20H,1-4H3. The summed E-state index contributed by atoms with van der Waals surface area (Å²) in [5, 5.41) is 0. The molecule has 7 heteroatoms. The average Bonchev–Trinajstić information content (AvgIpc) is 2.86. The number of carbonyl (C=O) groups is 1. The van der Waals surface area contributed by atoms with Crippen molar-refractivity contribution < 1.29 is 17.9 Å². The van der Waals surface area contributed by atoms with Gasteiger partial charge in [0.05, 0.1) is 17.7 Å². The first kappa shape index (κ1) is 18.0. The van der Waals surface area contributed by atoms with E-state index in [9.17, 15) is 13.2 Å². The Hall–Kier alpha value is -2.80. The van der Waals surface area contributed by atoms with Gasteiger partial charge in [-0.15, -0.1) is 0 Å². The summed E-state index contributed by atoms with van der Waals surface area (Å²) in [6.07, 6.45) is 0. The fraction of sp³-hybridized carbons (Fsp3) is 0.211. The molecule has 0 unspecified atom stereocenters. The minimum atomic E-state index is -3.78. The Morgan fingerprint density at radius 3 is 2.31 bits per heavy atom. The Bertz CT molecular complexity index is 1000. The highest BCUT2D eigenvalue weighted by Crippen LogP contribution is 2.38. The predicted octanol–water partition coefficient (Wildman–Crippen LogP) is 3.27. The fourth-order valence-electron chi connectivity index (χ4n) is 2.92. The third-order valence-corrected chi connectivity index (χ3v) is 5.65. The molecule has 0 saturated heterocycles. The van der Waals surface area contributed by atoms with Gasteiger partial charge in [0.25, 0.3) is 15.9 Å². The van der Waals surface area contributed by atoms with Gasteiger partial charge in [0.2, 0.25) is 0 Å². The minimum absolute atomic E-state index is 0.105. The Kier molecular flexibility index (Phi) is 4.50. The molecule has 0 bridgehead atoms. The van der Waals surface area contributed by atoms with Crippen LogP contribution in [0.2, 0.25) is 0 Å². The van der Waals surface area contributed by atoms with Crippen molar-refractivity contribution in [3.8, 4) is 5.75 Å². The number of nitrogens with zero attached hydrogens (tertiary/aromatic N) is 1. The molecule has 0 spiro atoms. The van der Waals surface area contributed by atoms with E-state index in [1.807, 2.05) is 13.8 Å². The van der Waals surface area contributed by atoms with Crippen molar-refractivity contribution in [1.29, 1.82) is 0 Å². The Labute approximate surface area is 153 Å². The summed E-state index contributed by atoms with van der Waals surface area (Å²) in [7, 11) is -0.556. The van der Waals surface area contributed by atoms with Gasteiger partial charge in [0.1, 0.15) is 5.75 Å². The van der Waals surface area contributed by atoms with E-state index in [-0.39, 0.29) is 10.8 Å². The van der Waals surface area contributed by atoms with Crippen LogP contribution in [0.15, 0.2) is 52.9 Å². The van der Waals surface area contributed by atoms with Gasteiger partial charge in [-0.2, -0.15) is 0 Å². The lowest BCUT2D eigenvalue weighted by Gasteiger charge is -2.12. The van der Waals surface area contributed by atoms with E-state index in [1.165, 1.54) is 11.0 Å². The number of sulfonamides is 1. The predicted molar refractivity (Wildman–Crippen MR) is 102 cm³/mol. The lowest BCUT2D eigenvalue weighted by Crippen LogP contribution is -2.20. The number of amides is 1. The molecule has 1 heterocycles. The SMILES string of the molecule is COc1ccc(NS(=O)(=O)c2ccc3c(c2)C(=C(C)C)C(=O)N3C)cc1. The second-order valence-electron chi connectivity index (χ2n) is 6.25. The van der Waals surface area contributed by atoms with Gasteiger partial charge in [0, 0.05) is 23.9 Å². The van der Waals surface area contributed by atoms with Gasteiger partial charge in [-0.3, -0.25) is 9.52 Å². The number of ether oxygens (including phenoxy) is 1. The van der Waals surface area contributed by atoms with E-state index in [0.717, 1.165) is 5.57 Å². The van der Waals surface area contributed by atoms with Crippen LogP contribution in [0.1, 0.15) is 19.4 Å². The maximum absolute atomic E-state index is 12.7. The number of likely N-dealkylation sites (N-methyl/N-ethyl adjacent to an activating group) is 1. The number of hydrogen-bond acceptors (Lipinski definition) is 4. The van der Waals surface area contributed by atoms with E-state index in [1.54, 1.807) is 50.6 Å². The minimum Gasteiger partial charge on any atom is -0.497 e. The molecule has 6 nitrogen and oxygen atoms in total. The Morgan fingerprint density at radius 2 is 1.73 bits per heavy atom. The van der Waals surface area contributed by atoms with Gasteiger partial charge >= 0.3 is 0 Å². The molecular weight excluding hydrogens is 352 g/mol. The van der Waals surface area contributed by atoms with Crippen LogP contribution in [0.4, 0.5) is 11.4 Å². The van der Waals surface area contributed by atoms with Gasteiger partial charge in [-0.25, -0.2) is 8.42 Å². The molecular formula is C19H20N2O4S. The van der Waals surface area contributed by atoms with E-state index >= 15 is 0 Å². The molecule has 0 saturated carbocycles. The van der Waals surface area contributed by atoms with Gasteiger partial charge in [-0.05, 0) is 56.3 Å². The number of hydrogen-bond donors (Lipinski definition) is 1. The van der Waals surface area contributed by atoms with Crippen molar-refractivity contribution in [2.75, 3.05) is 23.8 Å². The van der Waals surface area contributed by atoms with Gasteiger partial charge < -0.3 is 9.64 Å². The molecule has 0 atom stereocenters. The highest BCUT2D eigenvalue weighted by molar-refractivity contribution is 7.92. The molecule has 0 fully saturated rings. The van der Waals surface area contributed by atoms with Crippen LogP contribution >= 0.6 is 0 Å². The lowest BCUT2D eigenvalue weighted by molar-refractivity contribution is -0.112. The maximum Gasteiger partial charge on any atom is 0.261 e. The number of nitrogens with one attached hydrogen (secondary N) is 1. The molecule has 0 radical (unpaired) electrons. The summed E-state index contributed by atoms with van der Waals surface area (Å²) < 4.78 is 33.1. The summed E-state index contributed by atoms with van der Waals surface area (Å²) in [5.41, 5.74) is 3.16. The second kappa shape index (κ2) is 6.49. The zero-order valence-corrected chi connectivity index (χ0v) is 15.8. The Morgan fingerprint density at radius 1 is 1.08 bits per heavy atom. The molecule has 1 aliphatic rings. The first-order chi connectivity index (χ1) is 12.2. The molecule has 1 amide bonds. The summed E-state index contributed by atoms with van der Waals surface area (Å²) in [4.78, 5) is 14.0. The lowest BCUT2D eigenvalue weighted by atomic mass is 10.0. The molecule has 136 valence electrons. The number of rotatable bonds is 4.